The third kappa shape index (κ3) is 47.2. The van der Waals surface area contributed by atoms with Crippen LogP contribution in [-0.4, -0.2) is 89.2 Å². The summed E-state index contributed by atoms with van der Waals surface area (Å²) >= 11 is 0. The Morgan fingerprint density at radius 1 is 0.407 bits per heavy atom. The van der Waals surface area contributed by atoms with Crippen LogP contribution in [0.25, 0.3) is 0 Å². The fraction of sp³-hybridized carbons (Fsp3) is 0.884. The lowest BCUT2D eigenvalue weighted by molar-refractivity contribution is -0.301. The second-order valence-electron chi connectivity index (χ2n) is 23.8. The molecule has 3 N–H and O–H groups in total. The average Bonchev–Trinajstić information content (AvgIpc) is 3.53. The van der Waals surface area contributed by atoms with Crippen LogP contribution in [0.2, 0.25) is 0 Å². The summed E-state index contributed by atoms with van der Waals surface area (Å²) in [6.45, 7) is 6.04. The number of aliphatic hydroxyl groups excluding tert-OH is 2. The number of unbranched alkanes of at least 4 members (excludes halogenated alkanes) is 42. The minimum atomic E-state index is -1.90. The summed E-state index contributed by atoms with van der Waals surface area (Å²) in [5.74, 6) is -3.08. The van der Waals surface area contributed by atoms with Gasteiger partial charge in [-0.15, -0.1) is 0 Å². The van der Waals surface area contributed by atoms with Crippen LogP contribution in [0, 0.1) is 0 Å². The molecule has 0 spiro atoms. The normalized spacial score (nSPS) is 17.8. The molecule has 0 aromatic carbocycles. The van der Waals surface area contributed by atoms with Crippen molar-refractivity contribution in [1.29, 1.82) is 0 Å². The first-order valence-electron chi connectivity index (χ1n) is 34.3. The van der Waals surface area contributed by atoms with Crippen molar-refractivity contribution in [3.63, 3.8) is 0 Å². The van der Waals surface area contributed by atoms with E-state index in [-0.39, 0.29) is 25.9 Å². The molecule has 81 heavy (non-hydrogen) atoms. The number of esters is 3. The first-order chi connectivity index (χ1) is 39.6. The lowest BCUT2D eigenvalue weighted by Crippen LogP contribution is -2.61. The number of rotatable bonds is 60. The zero-order valence-electron chi connectivity index (χ0n) is 52.6. The fourth-order valence-corrected chi connectivity index (χ4v) is 10.8. The topological polar surface area (TPSA) is 175 Å². The highest BCUT2D eigenvalue weighted by molar-refractivity contribution is 5.74. The van der Waals surface area contributed by atoms with Crippen molar-refractivity contribution in [2.24, 2.45) is 0 Å². The molecule has 474 valence electrons. The standard InChI is InChI=1S/C69H126O12/c1-4-7-10-13-16-19-22-25-28-30-31-33-35-37-40-43-46-49-52-55-61(70)77-58-60(79-62(71)56-53-50-47-44-41-39-36-32-29-26-23-20-17-14-11-8-5-2)59-78-69-67(65(74)64(73)66(81-69)68(75)76)80-63(72)57-54-51-48-45-42-38-34-27-24-21-18-15-12-9-6-3/h16,19,25,28,60,64-67,69,73-74H,4-15,17-18,20-24,26-27,29-59H2,1-3H3,(H,75,76)/b19-16-,28-25-. The Labute approximate surface area is 496 Å². The Morgan fingerprint density at radius 2 is 0.741 bits per heavy atom. The highest BCUT2D eigenvalue weighted by atomic mass is 16.7. The SMILES string of the molecule is CCCCC/C=C\C/C=C\CCCCCCCCCCCC(=O)OCC(COC1OC(C(=O)O)C(O)C(O)C1OC(=O)CCCCCCCCCCCCCCCCC)OC(=O)CCCCCCCCCCCCCCCCCCC. The molecular weight excluding hydrogens is 1020 g/mol. The number of carbonyl (C=O) groups is 4. The molecule has 0 aliphatic carbocycles. The third-order valence-electron chi connectivity index (χ3n) is 16.0. The van der Waals surface area contributed by atoms with Gasteiger partial charge in [0, 0.05) is 19.3 Å². The van der Waals surface area contributed by atoms with E-state index in [9.17, 15) is 34.5 Å². The molecule has 12 nitrogen and oxygen atoms in total. The molecule has 12 heteroatoms. The van der Waals surface area contributed by atoms with Gasteiger partial charge in [0.15, 0.2) is 24.6 Å². The molecule has 1 saturated heterocycles. The maximum atomic E-state index is 13.2. The predicted octanol–water partition coefficient (Wildman–Crippen LogP) is 18.6. The van der Waals surface area contributed by atoms with Crippen molar-refractivity contribution < 1.29 is 58.2 Å². The minimum absolute atomic E-state index is 0.0679. The van der Waals surface area contributed by atoms with Crippen molar-refractivity contribution in [1.82, 2.24) is 0 Å². The molecule has 0 bridgehead atoms. The van der Waals surface area contributed by atoms with Gasteiger partial charge in [-0.1, -0.05) is 295 Å². The molecule has 6 atom stereocenters. The van der Waals surface area contributed by atoms with Crippen LogP contribution in [-0.2, 0) is 42.9 Å². The van der Waals surface area contributed by atoms with Crippen molar-refractivity contribution in [2.45, 2.75) is 379 Å². The van der Waals surface area contributed by atoms with Gasteiger partial charge in [-0.3, -0.25) is 14.4 Å². The van der Waals surface area contributed by atoms with Gasteiger partial charge in [-0.25, -0.2) is 4.79 Å². The smallest absolute Gasteiger partial charge is 0.335 e. The van der Waals surface area contributed by atoms with Crippen LogP contribution < -0.4 is 0 Å². The quantitative estimate of drug-likeness (QED) is 0.0228. The molecule has 1 rings (SSSR count). The number of carbonyl (C=O) groups excluding carboxylic acids is 3. The highest BCUT2D eigenvalue weighted by Gasteiger charge is 2.50. The summed E-state index contributed by atoms with van der Waals surface area (Å²) in [6.07, 6.45) is 55.6. The van der Waals surface area contributed by atoms with Gasteiger partial charge in [0.2, 0.25) is 0 Å². The summed E-state index contributed by atoms with van der Waals surface area (Å²) in [5, 5.41) is 31.6. The lowest BCUT2D eigenvalue weighted by atomic mass is 9.98. The first-order valence-corrected chi connectivity index (χ1v) is 34.3. The van der Waals surface area contributed by atoms with Crippen LogP contribution in [0.4, 0.5) is 0 Å². The lowest BCUT2D eigenvalue weighted by Gasteiger charge is -2.40. The average molecular weight is 1150 g/mol. The Morgan fingerprint density at radius 3 is 1.14 bits per heavy atom. The largest absolute Gasteiger partial charge is 0.479 e. The molecule has 0 aromatic rings. The number of carboxylic acid groups (broad SMARTS) is 1. The summed E-state index contributed by atoms with van der Waals surface area (Å²) in [5.41, 5.74) is 0. The zero-order valence-corrected chi connectivity index (χ0v) is 52.6. The van der Waals surface area contributed by atoms with Crippen molar-refractivity contribution in [3.8, 4) is 0 Å². The third-order valence-corrected chi connectivity index (χ3v) is 16.0. The Hall–Kier alpha value is -2.80. The second-order valence-corrected chi connectivity index (χ2v) is 23.8. The molecule has 1 fully saturated rings. The van der Waals surface area contributed by atoms with Crippen molar-refractivity contribution in [2.75, 3.05) is 13.2 Å². The van der Waals surface area contributed by atoms with Crippen LogP contribution in [0.5, 0.6) is 0 Å². The number of hydrogen-bond acceptors (Lipinski definition) is 11. The Bertz CT molecular complexity index is 1500. The second kappa shape index (κ2) is 57.6. The van der Waals surface area contributed by atoms with Gasteiger partial charge in [-0.05, 0) is 51.4 Å². The number of ether oxygens (including phenoxy) is 5. The first kappa shape index (κ1) is 76.2. The molecule has 1 aliphatic rings. The Kier molecular flexibility index (Phi) is 54.2. The number of aliphatic carboxylic acids is 1. The van der Waals surface area contributed by atoms with Gasteiger partial charge < -0.3 is 39.0 Å². The van der Waals surface area contributed by atoms with E-state index in [1.807, 2.05) is 0 Å². The summed E-state index contributed by atoms with van der Waals surface area (Å²) in [6, 6.07) is 0. The van der Waals surface area contributed by atoms with Crippen LogP contribution in [0.15, 0.2) is 24.3 Å². The number of carboxylic acids is 1. The zero-order chi connectivity index (χ0) is 58.9. The molecular formula is C69H126O12. The predicted molar refractivity (Wildman–Crippen MR) is 331 cm³/mol. The summed E-state index contributed by atoms with van der Waals surface area (Å²) in [7, 11) is 0. The maximum Gasteiger partial charge on any atom is 0.335 e. The number of allylic oxidation sites excluding steroid dienone is 4. The summed E-state index contributed by atoms with van der Waals surface area (Å²) < 4.78 is 28.6. The molecule has 0 amide bonds. The molecule has 0 radical (unpaired) electrons. The molecule has 0 aromatic heterocycles. The van der Waals surface area contributed by atoms with E-state index in [1.165, 1.54) is 212 Å². The monoisotopic (exact) mass is 1150 g/mol. The Balaban J connectivity index is 2.62. The summed E-state index contributed by atoms with van der Waals surface area (Å²) in [4.78, 5) is 51.4. The fourth-order valence-electron chi connectivity index (χ4n) is 10.8. The van der Waals surface area contributed by atoms with Crippen LogP contribution >= 0.6 is 0 Å². The highest BCUT2D eigenvalue weighted by Crippen LogP contribution is 2.27. The van der Waals surface area contributed by atoms with Gasteiger partial charge in [0.1, 0.15) is 18.8 Å². The van der Waals surface area contributed by atoms with Gasteiger partial charge >= 0.3 is 23.9 Å². The van der Waals surface area contributed by atoms with E-state index in [0.717, 1.165) is 70.6 Å². The maximum absolute atomic E-state index is 13.2. The van der Waals surface area contributed by atoms with Crippen LogP contribution in [0.1, 0.15) is 342 Å². The molecule has 1 heterocycles. The van der Waals surface area contributed by atoms with E-state index in [0.29, 0.717) is 19.3 Å². The molecule has 1 aliphatic heterocycles. The van der Waals surface area contributed by atoms with E-state index >= 15 is 0 Å². The molecule has 0 saturated carbocycles. The van der Waals surface area contributed by atoms with E-state index in [1.54, 1.807) is 0 Å². The van der Waals surface area contributed by atoms with Gasteiger partial charge in [0.25, 0.3) is 0 Å². The van der Waals surface area contributed by atoms with Gasteiger partial charge in [-0.2, -0.15) is 0 Å². The van der Waals surface area contributed by atoms with E-state index < -0.39 is 67.3 Å². The van der Waals surface area contributed by atoms with Gasteiger partial charge in [0.05, 0.1) is 6.61 Å². The van der Waals surface area contributed by atoms with Crippen molar-refractivity contribution in [3.05, 3.63) is 24.3 Å². The van der Waals surface area contributed by atoms with Crippen LogP contribution in [0.3, 0.4) is 0 Å². The number of hydrogen-bond donors (Lipinski definition) is 3. The van der Waals surface area contributed by atoms with E-state index in [4.69, 9.17) is 23.7 Å². The van der Waals surface area contributed by atoms with Crippen molar-refractivity contribution >= 4 is 23.9 Å². The molecule has 6 unspecified atom stereocenters. The minimum Gasteiger partial charge on any atom is -0.479 e. The number of aliphatic hydroxyl groups is 2. The van der Waals surface area contributed by atoms with E-state index in [2.05, 4.69) is 45.1 Å².